The van der Waals surface area contributed by atoms with Crippen molar-refractivity contribution in [3.8, 4) is 11.5 Å². The number of hydrogen-bond acceptors (Lipinski definition) is 7. The first-order valence-electron chi connectivity index (χ1n) is 8.98. The molecule has 29 heavy (non-hydrogen) atoms. The summed E-state index contributed by atoms with van der Waals surface area (Å²) in [6.07, 6.45) is 0. The summed E-state index contributed by atoms with van der Waals surface area (Å²) in [4.78, 5) is 12.2. The zero-order chi connectivity index (χ0) is 20.4. The first kappa shape index (κ1) is 18.5. The number of anilines is 1. The zero-order valence-electron chi connectivity index (χ0n) is 16.0. The number of fused-ring (bicyclic) bond motifs is 1. The van der Waals surface area contributed by atoms with Crippen LogP contribution in [0.25, 0.3) is 0 Å². The monoisotopic (exact) mass is 392 g/mol. The zero-order valence-corrected chi connectivity index (χ0v) is 16.0. The van der Waals surface area contributed by atoms with Gasteiger partial charge >= 0.3 is 0 Å². The van der Waals surface area contributed by atoms with Gasteiger partial charge in [-0.05, 0) is 40.6 Å². The van der Waals surface area contributed by atoms with Gasteiger partial charge in [-0.3, -0.25) is 4.79 Å². The standard InChI is InChI=1S/C20H20N6O3/c1-12-17(19(21)27)18(26-20(22-12)23-24-25-26)14-8-9-15(28-2)16(10-14)29-11-13-6-4-3-5-7-13/h3-10,18H,11H2,1-2H3,(H2,21,27)(H,22,23,25)/t18-/m1/s1. The summed E-state index contributed by atoms with van der Waals surface area (Å²) in [7, 11) is 1.58. The summed E-state index contributed by atoms with van der Waals surface area (Å²) in [6, 6.07) is 14.7. The Labute approximate surface area is 167 Å². The molecule has 9 nitrogen and oxygen atoms in total. The Morgan fingerprint density at radius 2 is 2.00 bits per heavy atom. The normalized spacial score (nSPS) is 15.4. The number of ether oxygens (including phenoxy) is 2. The number of hydrogen-bond donors (Lipinski definition) is 2. The molecule has 1 aliphatic heterocycles. The van der Waals surface area contributed by atoms with Gasteiger partial charge < -0.3 is 20.5 Å². The number of carbonyl (C=O) groups is 1. The van der Waals surface area contributed by atoms with Gasteiger partial charge in [-0.1, -0.05) is 41.5 Å². The Hall–Kier alpha value is -3.88. The maximum atomic E-state index is 12.2. The van der Waals surface area contributed by atoms with E-state index in [0.717, 1.165) is 11.1 Å². The second-order valence-electron chi connectivity index (χ2n) is 6.56. The molecule has 148 valence electrons. The first-order valence-corrected chi connectivity index (χ1v) is 8.98. The van der Waals surface area contributed by atoms with Crippen LogP contribution in [0.1, 0.15) is 24.1 Å². The summed E-state index contributed by atoms with van der Waals surface area (Å²) in [5.74, 6) is 1.00. The molecule has 0 spiro atoms. The first-order chi connectivity index (χ1) is 14.1. The maximum absolute atomic E-state index is 12.2. The van der Waals surface area contributed by atoms with Crippen LogP contribution >= 0.6 is 0 Å². The number of nitrogens with zero attached hydrogens (tertiary/aromatic N) is 4. The Kier molecular flexibility index (Phi) is 4.86. The predicted molar refractivity (Wildman–Crippen MR) is 105 cm³/mol. The lowest BCUT2D eigenvalue weighted by Gasteiger charge is -2.27. The van der Waals surface area contributed by atoms with Crippen LogP contribution in [0.3, 0.4) is 0 Å². The Morgan fingerprint density at radius 1 is 1.21 bits per heavy atom. The number of rotatable bonds is 6. The fraction of sp³-hybridized carbons (Fsp3) is 0.200. The van der Waals surface area contributed by atoms with Crippen molar-refractivity contribution in [2.45, 2.75) is 19.6 Å². The van der Waals surface area contributed by atoms with Gasteiger partial charge in [0.1, 0.15) is 12.6 Å². The number of nitrogens with two attached hydrogens (primary N) is 1. The highest BCUT2D eigenvalue weighted by atomic mass is 16.5. The highest BCUT2D eigenvalue weighted by Gasteiger charge is 2.33. The second-order valence-corrected chi connectivity index (χ2v) is 6.56. The van der Waals surface area contributed by atoms with E-state index in [-0.39, 0.29) is 0 Å². The van der Waals surface area contributed by atoms with E-state index in [9.17, 15) is 4.79 Å². The largest absolute Gasteiger partial charge is 0.493 e. The van der Waals surface area contributed by atoms with E-state index in [2.05, 4.69) is 20.8 Å². The summed E-state index contributed by atoms with van der Waals surface area (Å²) in [5, 5.41) is 14.7. The van der Waals surface area contributed by atoms with Crippen LogP contribution in [0.15, 0.2) is 59.8 Å². The molecule has 1 aromatic heterocycles. The highest BCUT2D eigenvalue weighted by molar-refractivity contribution is 5.95. The van der Waals surface area contributed by atoms with Gasteiger partial charge in [0.15, 0.2) is 11.5 Å². The van der Waals surface area contributed by atoms with Crippen molar-refractivity contribution in [3.63, 3.8) is 0 Å². The topological polar surface area (TPSA) is 117 Å². The molecule has 1 amide bonds. The van der Waals surface area contributed by atoms with Crippen molar-refractivity contribution in [2.75, 3.05) is 12.4 Å². The minimum absolute atomic E-state index is 0.376. The van der Waals surface area contributed by atoms with Gasteiger partial charge in [-0.15, -0.1) is 0 Å². The third-order valence-corrected chi connectivity index (χ3v) is 4.72. The number of methoxy groups -OCH3 is 1. The summed E-state index contributed by atoms with van der Waals surface area (Å²) < 4.78 is 13.0. The minimum Gasteiger partial charge on any atom is -0.493 e. The van der Waals surface area contributed by atoms with Gasteiger partial charge in [0.25, 0.3) is 0 Å². The smallest absolute Gasteiger partial charge is 0.248 e. The van der Waals surface area contributed by atoms with E-state index in [4.69, 9.17) is 15.2 Å². The molecule has 0 unspecified atom stereocenters. The molecule has 9 heteroatoms. The van der Waals surface area contributed by atoms with Gasteiger partial charge in [-0.2, -0.15) is 4.68 Å². The summed E-state index contributed by atoms with van der Waals surface area (Å²) in [6.45, 7) is 2.14. The lowest BCUT2D eigenvalue weighted by atomic mass is 9.95. The minimum atomic E-state index is -0.580. The number of primary amides is 1. The number of nitrogens with one attached hydrogen (secondary N) is 1. The van der Waals surface area contributed by atoms with Crippen molar-refractivity contribution >= 4 is 11.9 Å². The molecule has 0 aliphatic carbocycles. The SMILES string of the molecule is COc1ccc([C@@H]2C(C(N)=O)=C(C)Nc3nnnn32)cc1OCc1ccccc1. The van der Waals surface area contributed by atoms with E-state index in [1.807, 2.05) is 42.5 Å². The Bertz CT molecular complexity index is 1080. The van der Waals surface area contributed by atoms with E-state index >= 15 is 0 Å². The third-order valence-electron chi connectivity index (χ3n) is 4.72. The molecule has 3 aromatic rings. The lowest BCUT2D eigenvalue weighted by molar-refractivity contribution is -0.115. The molecule has 3 N–H and O–H groups in total. The fourth-order valence-electron chi connectivity index (χ4n) is 3.35. The number of carbonyl (C=O) groups excluding carboxylic acids is 1. The van der Waals surface area contributed by atoms with Crippen LogP contribution < -0.4 is 20.5 Å². The number of allylic oxidation sites excluding steroid dienone is 1. The molecular formula is C20H20N6O3. The average Bonchev–Trinajstić information content (AvgIpc) is 3.19. The Balaban J connectivity index is 1.74. The van der Waals surface area contributed by atoms with Crippen LogP contribution in [-0.2, 0) is 11.4 Å². The fourth-order valence-corrected chi connectivity index (χ4v) is 3.35. The van der Waals surface area contributed by atoms with Crippen LogP contribution in [-0.4, -0.2) is 33.2 Å². The van der Waals surface area contributed by atoms with Crippen LogP contribution in [0, 0.1) is 0 Å². The van der Waals surface area contributed by atoms with Crippen LogP contribution in [0.4, 0.5) is 5.95 Å². The molecule has 0 radical (unpaired) electrons. The quantitative estimate of drug-likeness (QED) is 0.659. The van der Waals surface area contributed by atoms with Crippen molar-refractivity contribution < 1.29 is 14.3 Å². The van der Waals surface area contributed by atoms with Gasteiger partial charge in [-0.25, -0.2) is 0 Å². The van der Waals surface area contributed by atoms with Gasteiger partial charge in [0, 0.05) is 5.70 Å². The molecular weight excluding hydrogens is 372 g/mol. The highest BCUT2D eigenvalue weighted by Crippen LogP contribution is 2.38. The lowest BCUT2D eigenvalue weighted by Crippen LogP contribution is -2.31. The Morgan fingerprint density at radius 3 is 2.72 bits per heavy atom. The molecule has 0 saturated heterocycles. The second kappa shape index (κ2) is 7.63. The van der Waals surface area contributed by atoms with Crippen LogP contribution in [0.5, 0.6) is 11.5 Å². The maximum Gasteiger partial charge on any atom is 0.248 e. The van der Waals surface area contributed by atoms with Crippen molar-refractivity contribution in [2.24, 2.45) is 5.73 Å². The molecule has 0 bridgehead atoms. The predicted octanol–water partition coefficient (Wildman–Crippen LogP) is 2.03. The van der Waals surface area contributed by atoms with Crippen LogP contribution in [0.2, 0.25) is 0 Å². The molecule has 1 atom stereocenters. The van der Waals surface area contributed by atoms with Crippen molar-refractivity contribution in [1.82, 2.24) is 20.2 Å². The molecule has 0 saturated carbocycles. The molecule has 0 fully saturated rings. The number of tetrazole rings is 1. The molecule has 2 aromatic carbocycles. The third kappa shape index (κ3) is 3.49. The average molecular weight is 392 g/mol. The summed E-state index contributed by atoms with van der Waals surface area (Å²) >= 11 is 0. The molecule has 2 heterocycles. The number of benzene rings is 2. The van der Waals surface area contributed by atoms with E-state index in [1.165, 1.54) is 4.68 Å². The van der Waals surface area contributed by atoms with Gasteiger partial charge in [0.2, 0.25) is 11.9 Å². The van der Waals surface area contributed by atoms with E-state index < -0.39 is 11.9 Å². The molecule has 1 aliphatic rings. The van der Waals surface area contributed by atoms with Crippen molar-refractivity contribution in [1.29, 1.82) is 0 Å². The number of aromatic nitrogens is 4. The van der Waals surface area contributed by atoms with Crippen molar-refractivity contribution in [3.05, 3.63) is 70.9 Å². The number of amides is 1. The summed E-state index contributed by atoms with van der Waals surface area (Å²) in [5.41, 5.74) is 8.42. The van der Waals surface area contributed by atoms with E-state index in [0.29, 0.717) is 35.3 Å². The van der Waals surface area contributed by atoms with E-state index in [1.54, 1.807) is 20.1 Å². The molecule has 4 rings (SSSR count). The van der Waals surface area contributed by atoms with Gasteiger partial charge in [0.05, 0.1) is 12.7 Å².